The summed E-state index contributed by atoms with van der Waals surface area (Å²) in [4.78, 5) is 17.9. The molecule has 3 aromatic carbocycles. The van der Waals surface area contributed by atoms with Crippen LogP contribution in [0.25, 0.3) is 5.70 Å². The Morgan fingerprint density at radius 2 is 1.71 bits per heavy atom. The smallest absolute Gasteiger partial charge is 0.220 e. The van der Waals surface area contributed by atoms with Crippen molar-refractivity contribution in [2.75, 3.05) is 13.7 Å². The Morgan fingerprint density at radius 1 is 0.971 bits per heavy atom. The summed E-state index contributed by atoms with van der Waals surface area (Å²) in [6.45, 7) is 5.08. The van der Waals surface area contributed by atoms with Crippen LogP contribution in [0, 0.1) is 12.3 Å². The van der Waals surface area contributed by atoms with Gasteiger partial charge in [-0.3, -0.25) is 15.1 Å². The second kappa shape index (κ2) is 13.5. The van der Waals surface area contributed by atoms with E-state index in [4.69, 9.17) is 20.7 Å². The molecule has 6 heteroatoms. The number of terminal acetylenes is 1. The van der Waals surface area contributed by atoms with E-state index in [1.54, 1.807) is 13.2 Å². The molecule has 0 saturated carbocycles. The molecule has 3 rings (SSSR count). The summed E-state index contributed by atoms with van der Waals surface area (Å²) in [7, 11) is 1.57. The van der Waals surface area contributed by atoms with E-state index in [1.165, 1.54) is 0 Å². The molecule has 0 saturated heterocycles. The average Bonchev–Trinajstić information content (AvgIpc) is 2.90. The molecule has 0 unspecified atom stereocenters. The maximum atomic E-state index is 12.3. The molecule has 0 heterocycles. The molecule has 0 aromatic heterocycles. The van der Waals surface area contributed by atoms with Crippen molar-refractivity contribution >= 4 is 11.6 Å². The second-order valence-corrected chi connectivity index (χ2v) is 7.81. The molecule has 180 valence electrons. The molecule has 0 spiro atoms. The van der Waals surface area contributed by atoms with Crippen molar-refractivity contribution in [3.8, 4) is 23.8 Å². The van der Waals surface area contributed by atoms with Crippen LogP contribution in [0.4, 0.5) is 0 Å². The molecule has 0 aliphatic rings. The van der Waals surface area contributed by atoms with Crippen molar-refractivity contribution in [3.05, 3.63) is 102 Å². The first-order valence-electron chi connectivity index (χ1n) is 11.3. The van der Waals surface area contributed by atoms with Gasteiger partial charge in [0, 0.05) is 13.0 Å². The fourth-order valence-electron chi connectivity index (χ4n) is 3.32. The van der Waals surface area contributed by atoms with Crippen molar-refractivity contribution in [3.63, 3.8) is 0 Å². The van der Waals surface area contributed by atoms with Gasteiger partial charge in [0.15, 0.2) is 11.5 Å². The van der Waals surface area contributed by atoms with Crippen LogP contribution in [0.1, 0.15) is 28.7 Å². The number of carbonyl (C=O) groups excluding carboxylic acids is 1. The third-order valence-corrected chi connectivity index (χ3v) is 5.25. The number of hydrogen-bond donors (Lipinski definition) is 2. The van der Waals surface area contributed by atoms with Gasteiger partial charge in [0.2, 0.25) is 5.91 Å². The number of carbonyl (C=O) groups is 1. The summed E-state index contributed by atoms with van der Waals surface area (Å²) in [5.41, 5.74) is 7.52. The van der Waals surface area contributed by atoms with Crippen molar-refractivity contribution in [1.29, 1.82) is 0 Å². The van der Waals surface area contributed by atoms with Gasteiger partial charge in [0.05, 0.1) is 19.4 Å². The Morgan fingerprint density at radius 3 is 2.43 bits per heavy atom. The van der Waals surface area contributed by atoms with Crippen LogP contribution in [0.3, 0.4) is 0 Å². The van der Waals surface area contributed by atoms with Crippen molar-refractivity contribution in [2.45, 2.75) is 26.0 Å². The molecule has 1 amide bonds. The molecule has 3 aromatic rings. The van der Waals surface area contributed by atoms with Gasteiger partial charge in [0.25, 0.3) is 0 Å². The topological polar surface area (TPSA) is 68.8 Å². The zero-order valence-corrected chi connectivity index (χ0v) is 19.9. The van der Waals surface area contributed by atoms with Crippen LogP contribution in [-0.2, 0) is 29.2 Å². The third kappa shape index (κ3) is 8.26. The van der Waals surface area contributed by atoms with Crippen molar-refractivity contribution < 1.29 is 19.1 Å². The van der Waals surface area contributed by atoms with E-state index in [9.17, 15) is 4.79 Å². The fraction of sp³-hybridized carbons (Fsp3) is 0.207. The molecule has 0 aliphatic carbocycles. The zero-order chi connectivity index (χ0) is 24.9. The van der Waals surface area contributed by atoms with Crippen molar-refractivity contribution in [2.24, 2.45) is 0 Å². The number of methoxy groups -OCH3 is 1. The van der Waals surface area contributed by atoms with Gasteiger partial charge < -0.3 is 14.8 Å². The van der Waals surface area contributed by atoms with E-state index in [1.807, 2.05) is 66.7 Å². The Kier molecular flexibility index (Phi) is 9.79. The van der Waals surface area contributed by atoms with E-state index in [0.29, 0.717) is 43.2 Å². The monoisotopic (exact) mass is 470 g/mol. The SMILES string of the molecule is C#CCOc1ccc(CCC(=O)NCc2ccc(C(=C)NOCc3ccccc3)cc2)cc1OC. The van der Waals surface area contributed by atoms with E-state index < -0.39 is 0 Å². The number of rotatable bonds is 13. The number of amides is 1. The minimum absolute atomic E-state index is 0.0268. The van der Waals surface area contributed by atoms with Gasteiger partial charge in [-0.15, -0.1) is 6.42 Å². The molecule has 0 bridgehead atoms. The highest BCUT2D eigenvalue weighted by molar-refractivity contribution is 5.76. The highest BCUT2D eigenvalue weighted by Crippen LogP contribution is 2.28. The molecule has 2 N–H and O–H groups in total. The number of hydrogen-bond acceptors (Lipinski definition) is 5. The quantitative estimate of drug-likeness (QED) is 0.281. The Balaban J connectivity index is 1.40. The van der Waals surface area contributed by atoms with Gasteiger partial charge in [0.1, 0.15) is 6.61 Å². The summed E-state index contributed by atoms with van der Waals surface area (Å²) < 4.78 is 10.8. The summed E-state index contributed by atoms with van der Waals surface area (Å²) in [6.07, 6.45) is 6.19. The first-order valence-corrected chi connectivity index (χ1v) is 11.3. The third-order valence-electron chi connectivity index (χ3n) is 5.25. The summed E-state index contributed by atoms with van der Waals surface area (Å²) in [5, 5.41) is 2.96. The molecule has 6 nitrogen and oxygen atoms in total. The maximum Gasteiger partial charge on any atom is 0.220 e. The predicted molar refractivity (Wildman–Crippen MR) is 137 cm³/mol. The van der Waals surface area contributed by atoms with Gasteiger partial charge >= 0.3 is 0 Å². The predicted octanol–water partition coefficient (Wildman–Crippen LogP) is 4.65. The standard InChI is InChI=1S/C29H30N2O4/c1-4-18-34-27-16-12-23(19-28(27)33-3)13-17-29(32)30-20-24-10-14-26(15-11-24)22(2)31-35-21-25-8-6-5-7-9-25/h1,5-12,14-16,19,31H,2,13,17-18,20-21H2,3H3,(H,30,32). The number of benzene rings is 3. The normalized spacial score (nSPS) is 10.2. The van der Waals surface area contributed by atoms with E-state index in [2.05, 4.69) is 23.3 Å². The van der Waals surface area contributed by atoms with Gasteiger partial charge in [-0.1, -0.05) is 73.2 Å². The summed E-state index contributed by atoms with van der Waals surface area (Å²) in [5.74, 6) is 3.58. The molecule has 0 radical (unpaired) electrons. The fourth-order valence-corrected chi connectivity index (χ4v) is 3.32. The minimum atomic E-state index is -0.0268. The molecule has 0 atom stereocenters. The largest absolute Gasteiger partial charge is 0.493 e. The number of nitrogens with one attached hydrogen (secondary N) is 2. The molecule has 0 fully saturated rings. The Bertz CT molecular complexity index is 1150. The van der Waals surface area contributed by atoms with Gasteiger partial charge in [-0.2, -0.15) is 0 Å². The van der Waals surface area contributed by atoms with E-state index in [-0.39, 0.29) is 12.5 Å². The van der Waals surface area contributed by atoms with E-state index in [0.717, 1.165) is 22.3 Å². The lowest BCUT2D eigenvalue weighted by Crippen LogP contribution is -2.23. The van der Waals surface area contributed by atoms with E-state index >= 15 is 0 Å². The molecular weight excluding hydrogens is 440 g/mol. The Hall–Kier alpha value is -4.21. The molecule has 0 aliphatic heterocycles. The van der Waals surface area contributed by atoms with Crippen LogP contribution in [0.15, 0.2) is 79.4 Å². The van der Waals surface area contributed by atoms with Crippen LogP contribution >= 0.6 is 0 Å². The first-order chi connectivity index (χ1) is 17.1. The second-order valence-electron chi connectivity index (χ2n) is 7.81. The lowest BCUT2D eigenvalue weighted by molar-refractivity contribution is -0.121. The summed E-state index contributed by atoms with van der Waals surface area (Å²) >= 11 is 0. The minimum Gasteiger partial charge on any atom is -0.493 e. The Labute approximate surface area is 206 Å². The van der Waals surface area contributed by atoms with Gasteiger partial charge in [-0.05, 0) is 40.8 Å². The van der Waals surface area contributed by atoms with Crippen LogP contribution in [-0.4, -0.2) is 19.6 Å². The number of hydroxylamine groups is 1. The lowest BCUT2D eigenvalue weighted by atomic mass is 10.1. The average molecular weight is 471 g/mol. The van der Waals surface area contributed by atoms with Gasteiger partial charge in [-0.25, -0.2) is 0 Å². The highest BCUT2D eigenvalue weighted by Gasteiger charge is 2.08. The summed E-state index contributed by atoms with van der Waals surface area (Å²) in [6, 6.07) is 23.3. The highest BCUT2D eigenvalue weighted by atomic mass is 16.6. The van der Waals surface area contributed by atoms with Crippen LogP contribution < -0.4 is 20.3 Å². The number of aryl methyl sites for hydroxylation is 1. The number of ether oxygens (including phenoxy) is 2. The van der Waals surface area contributed by atoms with Crippen LogP contribution in [0.5, 0.6) is 11.5 Å². The maximum absolute atomic E-state index is 12.3. The van der Waals surface area contributed by atoms with Crippen molar-refractivity contribution in [1.82, 2.24) is 10.8 Å². The van der Waals surface area contributed by atoms with Crippen LogP contribution in [0.2, 0.25) is 0 Å². The molecule has 35 heavy (non-hydrogen) atoms. The zero-order valence-electron chi connectivity index (χ0n) is 19.9. The first kappa shape index (κ1) is 25.4. The lowest BCUT2D eigenvalue weighted by Gasteiger charge is -2.12. The molecular formula is C29H30N2O4.